The van der Waals surface area contributed by atoms with E-state index in [-0.39, 0.29) is 5.78 Å². The Morgan fingerprint density at radius 3 is 2.65 bits per heavy atom. The number of ketones is 1. The largest absolute Gasteiger partial charge is 0.295 e. The second kappa shape index (κ2) is 4.44. The molecule has 0 heterocycles. The molecule has 2 bridgehead atoms. The number of carbonyl (C=O) groups excluding carboxylic acids is 1. The second-order valence-electron chi connectivity index (χ2n) is 6.18. The Hall–Kier alpha value is -0.850. The van der Waals surface area contributed by atoms with Crippen LogP contribution in [0.2, 0.25) is 0 Å². The van der Waals surface area contributed by atoms with Crippen LogP contribution >= 0.6 is 0 Å². The van der Waals surface area contributed by atoms with Gasteiger partial charge < -0.3 is 0 Å². The summed E-state index contributed by atoms with van der Waals surface area (Å²) >= 11 is 0. The SMILES string of the molecule is CCC(=O)C(C)=CC=C1C2CCC(C2)C1(C)C. The van der Waals surface area contributed by atoms with E-state index in [0.29, 0.717) is 11.8 Å². The Bertz CT molecular complexity index is 384. The van der Waals surface area contributed by atoms with Gasteiger partial charge in [0.05, 0.1) is 0 Å². The van der Waals surface area contributed by atoms with E-state index in [9.17, 15) is 4.79 Å². The van der Waals surface area contributed by atoms with Crippen LogP contribution in [0.1, 0.15) is 53.4 Å². The molecule has 2 fully saturated rings. The molecule has 2 unspecified atom stereocenters. The van der Waals surface area contributed by atoms with E-state index in [2.05, 4.69) is 19.9 Å². The predicted molar refractivity (Wildman–Crippen MR) is 71.8 cm³/mol. The van der Waals surface area contributed by atoms with Gasteiger partial charge in [0.1, 0.15) is 0 Å². The molecule has 0 aliphatic heterocycles. The molecular weight excluding hydrogens is 208 g/mol. The van der Waals surface area contributed by atoms with Crippen LogP contribution < -0.4 is 0 Å². The monoisotopic (exact) mass is 232 g/mol. The van der Waals surface area contributed by atoms with Crippen molar-refractivity contribution >= 4 is 5.78 Å². The van der Waals surface area contributed by atoms with Gasteiger partial charge in [-0.1, -0.05) is 38.5 Å². The van der Waals surface area contributed by atoms with Crippen molar-refractivity contribution in [3.63, 3.8) is 0 Å². The molecule has 0 radical (unpaired) electrons. The van der Waals surface area contributed by atoms with Gasteiger partial charge in [0.2, 0.25) is 0 Å². The molecule has 2 saturated carbocycles. The number of fused-ring (bicyclic) bond motifs is 2. The summed E-state index contributed by atoms with van der Waals surface area (Å²) in [5.41, 5.74) is 2.84. The Morgan fingerprint density at radius 1 is 1.41 bits per heavy atom. The fourth-order valence-electron chi connectivity index (χ4n) is 3.62. The van der Waals surface area contributed by atoms with Crippen molar-refractivity contribution in [2.24, 2.45) is 17.3 Å². The number of hydrogen-bond donors (Lipinski definition) is 0. The fraction of sp³-hybridized carbons (Fsp3) is 0.688. The third-order valence-electron chi connectivity index (χ3n) is 4.91. The molecule has 0 spiro atoms. The lowest BCUT2D eigenvalue weighted by Crippen LogP contribution is -2.22. The highest BCUT2D eigenvalue weighted by molar-refractivity contribution is 5.94. The van der Waals surface area contributed by atoms with Crippen molar-refractivity contribution in [1.82, 2.24) is 0 Å². The van der Waals surface area contributed by atoms with Gasteiger partial charge in [0.15, 0.2) is 5.78 Å². The molecule has 1 heteroatoms. The minimum atomic E-state index is 0.266. The molecule has 0 amide bonds. The van der Waals surface area contributed by atoms with Gasteiger partial charge >= 0.3 is 0 Å². The Balaban J connectivity index is 2.20. The lowest BCUT2D eigenvalue weighted by Gasteiger charge is -2.32. The number of carbonyl (C=O) groups is 1. The first kappa shape index (κ1) is 12.6. The van der Waals surface area contributed by atoms with E-state index in [1.54, 1.807) is 5.57 Å². The standard InChI is InChI=1S/C16H24O/c1-5-15(17)11(2)6-9-14-12-7-8-13(10-12)16(14,3)4/h6,9,12-13H,5,7-8,10H2,1-4H3. The van der Waals surface area contributed by atoms with E-state index < -0.39 is 0 Å². The first-order valence-electron chi connectivity index (χ1n) is 6.89. The minimum Gasteiger partial charge on any atom is -0.295 e. The summed E-state index contributed by atoms with van der Waals surface area (Å²) in [6.07, 6.45) is 9.02. The Kier molecular flexibility index (Phi) is 3.29. The highest BCUT2D eigenvalue weighted by atomic mass is 16.1. The van der Waals surface area contributed by atoms with Crippen molar-refractivity contribution in [1.29, 1.82) is 0 Å². The number of Topliss-reactive ketones (excluding diaryl/α,β-unsaturated/α-hetero) is 1. The molecule has 94 valence electrons. The molecule has 2 aliphatic carbocycles. The average Bonchev–Trinajstić information content (AvgIpc) is 2.84. The van der Waals surface area contributed by atoms with E-state index in [0.717, 1.165) is 17.4 Å². The molecule has 2 rings (SSSR count). The van der Waals surface area contributed by atoms with Crippen molar-refractivity contribution in [3.8, 4) is 0 Å². The molecule has 17 heavy (non-hydrogen) atoms. The second-order valence-corrected chi connectivity index (χ2v) is 6.18. The average molecular weight is 232 g/mol. The van der Waals surface area contributed by atoms with E-state index in [1.807, 2.05) is 19.9 Å². The molecule has 0 aromatic rings. The maximum Gasteiger partial charge on any atom is 0.158 e. The molecule has 0 aromatic heterocycles. The van der Waals surface area contributed by atoms with Crippen LogP contribution in [0.5, 0.6) is 0 Å². The summed E-state index contributed by atoms with van der Waals surface area (Å²) in [5.74, 6) is 1.92. The van der Waals surface area contributed by atoms with Crippen molar-refractivity contribution in [2.75, 3.05) is 0 Å². The van der Waals surface area contributed by atoms with Crippen LogP contribution in [0.25, 0.3) is 0 Å². The lowest BCUT2D eigenvalue weighted by atomic mass is 9.72. The van der Waals surface area contributed by atoms with Gasteiger partial charge in [0.25, 0.3) is 0 Å². The quantitative estimate of drug-likeness (QED) is 0.663. The van der Waals surface area contributed by atoms with Gasteiger partial charge in [0, 0.05) is 6.42 Å². The highest BCUT2D eigenvalue weighted by Gasteiger charge is 2.48. The lowest BCUT2D eigenvalue weighted by molar-refractivity contribution is -0.115. The van der Waals surface area contributed by atoms with Gasteiger partial charge in [-0.15, -0.1) is 0 Å². The summed E-state index contributed by atoms with van der Waals surface area (Å²) in [6.45, 7) is 8.60. The zero-order valence-electron chi connectivity index (χ0n) is 11.5. The van der Waals surface area contributed by atoms with Gasteiger partial charge in [-0.25, -0.2) is 0 Å². The minimum absolute atomic E-state index is 0.266. The van der Waals surface area contributed by atoms with Crippen LogP contribution in [0.3, 0.4) is 0 Å². The normalized spacial score (nSPS) is 33.4. The number of rotatable bonds is 3. The van der Waals surface area contributed by atoms with Crippen LogP contribution in [-0.4, -0.2) is 5.78 Å². The van der Waals surface area contributed by atoms with Crippen LogP contribution in [-0.2, 0) is 4.79 Å². The molecule has 0 N–H and O–H groups in total. The number of allylic oxidation sites excluding steroid dienone is 4. The van der Waals surface area contributed by atoms with Crippen molar-refractivity contribution in [2.45, 2.75) is 53.4 Å². The fourth-order valence-corrected chi connectivity index (χ4v) is 3.62. The van der Waals surface area contributed by atoms with Gasteiger partial charge in [-0.05, 0) is 49.0 Å². The smallest absolute Gasteiger partial charge is 0.158 e. The Morgan fingerprint density at radius 2 is 2.12 bits per heavy atom. The molecule has 0 aromatic carbocycles. The van der Waals surface area contributed by atoms with E-state index in [4.69, 9.17) is 0 Å². The first-order chi connectivity index (χ1) is 7.96. The zero-order chi connectivity index (χ0) is 12.6. The maximum atomic E-state index is 11.5. The van der Waals surface area contributed by atoms with Gasteiger partial charge in [-0.3, -0.25) is 4.79 Å². The summed E-state index contributed by atoms with van der Waals surface area (Å²) in [5, 5.41) is 0. The molecule has 2 aliphatic rings. The summed E-state index contributed by atoms with van der Waals surface area (Å²) < 4.78 is 0. The van der Waals surface area contributed by atoms with Crippen LogP contribution in [0, 0.1) is 17.3 Å². The van der Waals surface area contributed by atoms with Crippen molar-refractivity contribution < 1.29 is 4.79 Å². The highest BCUT2D eigenvalue weighted by Crippen LogP contribution is 2.58. The van der Waals surface area contributed by atoms with E-state index in [1.165, 1.54) is 19.3 Å². The zero-order valence-corrected chi connectivity index (χ0v) is 11.5. The first-order valence-corrected chi connectivity index (χ1v) is 6.89. The summed E-state index contributed by atoms with van der Waals surface area (Å²) in [6, 6.07) is 0. The summed E-state index contributed by atoms with van der Waals surface area (Å²) in [4.78, 5) is 11.5. The van der Waals surface area contributed by atoms with Gasteiger partial charge in [-0.2, -0.15) is 0 Å². The van der Waals surface area contributed by atoms with Crippen molar-refractivity contribution in [3.05, 3.63) is 23.3 Å². The molecule has 0 saturated heterocycles. The third-order valence-corrected chi connectivity index (χ3v) is 4.91. The summed E-state index contributed by atoms with van der Waals surface area (Å²) in [7, 11) is 0. The van der Waals surface area contributed by atoms with E-state index >= 15 is 0 Å². The third kappa shape index (κ3) is 2.12. The number of hydrogen-bond acceptors (Lipinski definition) is 1. The topological polar surface area (TPSA) is 17.1 Å². The predicted octanol–water partition coefficient (Wildman–Crippen LogP) is 4.29. The van der Waals surface area contributed by atoms with Crippen LogP contribution in [0.15, 0.2) is 23.3 Å². The molecule has 1 nitrogen and oxygen atoms in total. The Labute approximate surface area is 105 Å². The molecular formula is C16H24O. The molecule has 2 atom stereocenters. The van der Waals surface area contributed by atoms with Crippen LogP contribution in [0.4, 0.5) is 0 Å². The maximum absolute atomic E-state index is 11.5.